The van der Waals surface area contributed by atoms with Crippen LogP contribution in [0.1, 0.15) is 33.6 Å². The Kier molecular flexibility index (Phi) is 7.09. The van der Waals surface area contributed by atoms with Gasteiger partial charge in [0.2, 0.25) is 5.91 Å². The molecule has 1 aromatic carbocycles. The molecule has 0 spiro atoms. The summed E-state index contributed by atoms with van der Waals surface area (Å²) in [6.45, 7) is 7.43. The van der Waals surface area contributed by atoms with E-state index in [2.05, 4.69) is 26.1 Å². The van der Waals surface area contributed by atoms with Gasteiger partial charge in [0, 0.05) is 18.7 Å². The number of anilines is 1. The molecular formula is C16H26N2O2. The van der Waals surface area contributed by atoms with Crippen molar-refractivity contribution in [1.82, 2.24) is 0 Å². The Labute approximate surface area is 121 Å². The second kappa shape index (κ2) is 8.59. The van der Waals surface area contributed by atoms with Crippen LogP contribution < -0.4 is 15.8 Å². The molecule has 0 aliphatic carbocycles. The van der Waals surface area contributed by atoms with Gasteiger partial charge in [0.1, 0.15) is 12.4 Å². The lowest BCUT2D eigenvalue weighted by molar-refractivity contribution is -0.117. The number of nitrogens with two attached hydrogens (primary N) is 1. The highest BCUT2D eigenvalue weighted by atomic mass is 16.5. The quantitative estimate of drug-likeness (QED) is 0.768. The molecule has 1 atom stereocenters. The zero-order valence-corrected chi connectivity index (χ0v) is 12.7. The van der Waals surface area contributed by atoms with Gasteiger partial charge < -0.3 is 15.8 Å². The van der Waals surface area contributed by atoms with E-state index in [9.17, 15) is 4.79 Å². The van der Waals surface area contributed by atoms with Crippen molar-refractivity contribution in [3.8, 4) is 5.75 Å². The molecule has 0 aliphatic heterocycles. The van der Waals surface area contributed by atoms with E-state index in [1.807, 2.05) is 24.3 Å². The van der Waals surface area contributed by atoms with Crippen LogP contribution in [-0.2, 0) is 4.79 Å². The monoisotopic (exact) mass is 278 g/mol. The summed E-state index contributed by atoms with van der Waals surface area (Å²) >= 11 is 0. The van der Waals surface area contributed by atoms with Crippen molar-refractivity contribution in [2.75, 3.05) is 18.5 Å². The van der Waals surface area contributed by atoms with E-state index in [4.69, 9.17) is 10.5 Å². The number of carbonyl (C=O) groups excluding carboxylic acids is 1. The average Bonchev–Trinajstić information content (AvgIpc) is 2.43. The van der Waals surface area contributed by atoms with Crippen LogP contribution in [0.5, 0.6) is 5.75 Å². The fraction of sp³-hybridized carbons (Fsp3) is 0.562. The molecule has 4 nitrogen and oxygen atoms in total. The summed E-state index contributed by atoms with van der Waals surface area (Å²) in [7, 11) is 0. The van der Waals surface area contributed by atoms with Gasteiger partial charge in [-0.3, -0.25) is 4.79 Å². The number of carbonyl (C=O) groups is 1. The molecule has 0 saturated heterocycles. The van der Waals surface area contributed by atoms with Gasteiger partial charge in [-0.1, -0.05) is 27.2 Å². The van der Waals surface area contributed by atoms with Crippen molar-refractivity contribution in [2.45, 2.75) is 33.6 Å². The number of nitrogens with one attached hydrogen (secondary N) is 1. The predicted octanol–water partition coefficient (Wildman–Crippen LogP) is 3.03. The first-order chi connectivity index (χ1) is 9.56. The highest BCUT2D eigenvalue weighted by molar-refractivity contribution is 5.90. The SMILES string of the molecule is CCC(CC(=O)Nc1ccc(OCCN)cc1)C(C)C. The number of hydrogen-bond acceptors (Lipinski definition) is 3. The Hall–Kier alpha value is -1.55. The molecule has 20 heavy (non-hydrogen) atoms. The van der Waals surface area contributed by atoms with E-state index in [-0.39, 0.29) is 5.91 Å². The van der Waals surface area contributed by atoms with Crippen LogP contribution in [0.4, 0.5) is 5.69 Å². The minimum Gasteiger partial charge on any atom is -0.492 e. The van der Waals surface area contributed by atoms with Gasteiger partial charge >= 0.3 is 0 Å². The lowest BCUT2D eigenvalue weighted by atomic mass is 9.90. The number of rotatable bonds is 8. The van der Waals surface area contributed by atoms with Gasteiger partial charge in [0.25, 0.3) is 0 Å². The molecule has 0 fully saturated rings. The minimum atomic E-state index is 0.0705. The van der Waals surface area contributed by atoms with E-state index in [0.29, 0.717) is 31.4 Å². The third-order valence-corrected chi connectivity index (χ3v) is 3.44. The summed E-state index contributed by atoms with van der Waals surface area (Å²) in [5, 5.41) is 2.93. The molecular weight excluding hydrogens is 252 g/mol. The zero-order valence-electron chi connectivity index (χ0n) is 12.7. The first kappa shape index (κ1) is 16.5. The second-order valence-electron chi connectivity index (χ2n) is 5.33. The van der Waals surface area contributed by atoms with Crippen LogP contribution in [0, 0.1) is 11.8 Å². The van der Waals surface area contributed by atoms with Gasteiger partial charge in [-0.05, 0) is 36.1 Å². The molecule has 0 radical (unpaired) electrons. The first-order valence-corrected chi connectivity index (χ1v) is 7.29. The topological polar surface area (TPSA) is 64.3 Å². The van der Waals surface area contributed by atoms with Crippen molar-refractivity contribution < 1.29 is 9.53 Å². The maximum Gasteiger partial charge on any atom is 0.224 e. The Bertz CT molecular complexity index is 401. The van der Waals surface area contributed by atoms with E-state index in [1.165, 1.54) is 0 Å². The molecule has 0 aliphatic rings. The summed E-state index contributed by atoms with van der Waals surface area (Å²) in [6.07, 6.45) is 1.59. The number of amides is 1. The summed E-state index contributed by atoms with van der Waals surface area (Å²) in [4.78, 5) is 12.0. The number of ether oxygens (including phenoxy) is 1. The fourth-order valence-corrected chi connectivity index (χ4v) is 2.11. The molecule has 1 unspecified atom stereocenters. The Morgan fingerprint density at radius 3 is 2.45 bits per heavy atom. The van der Waals surface area contributed by atoms with Gasteiger partial charge in [-0.15, -0.1) is 0 Å². The van der Waals surface area contributed by atoms with E-state index in [0.717, 1.165) is 17.9 Å². The maximum atomic E-state index is 12.0. The van der Waals surface area contributed by atoms with E-state index in [1.54, 1.807) is 0 Å². The first-order valence-electron chi connectivity index (χ1n) is 7.29. The maximum absolute atomic E-state index is 12.0. The van der Waals surface area contributed by atoms with Crippen LogP contribution in [0.25, 0.3) is 0 Å². The lowest BCUT2D eigenvalue weighted by Crippen LogP contribution is -2.19. The largest absolute Gasteiger partial charge is 0.492 e. The summed E-state index contributed by atoms with van der Waals surface area (Å²) in [6, 6.07) is 7.37. The normalized spacial score (nSPS) is 12.2. The molecule has 112 valence electrons. The molecule has 1 aromatic rings. The molecule has 3 N–H and O–H groups in total. The highest BCUT2D eigenvalue weighted by Gasteiger charge is 2.15. The average molecular weight is 278 g/mol. The van der Waals surface area contributed by atoms with Crippen molar-refractivity contribution in [3.05, 3.63) is 24.3 Å². The van der Waals surface area contributed by atoms with Crippen LogP contribution in [0.3, 0.4) is 0 Å². The standard InChI is InChI=1S/C16H26N2O2/c1-4-13(12(2)3)11-16(19)18-14-5-7-15(8-6-14)20-10-9-17/h5-8,12-13H,4,9-11,17H2,1-3H3,(H,18,19). The van der Waals surface area contributed by atoms with Crippen LogP contribution >= 0.6 is 0 Å². The number of hydrogen-bond donors (Lipinski definition) is 2. The smallest absolute Gasteiger partial charge is 0.224 e. The Morgan fingerprint density at radius 1 is 1.30 bits per heavy atom. The van der Waals surface area contributed by atoms with Gasteiger partial charge in [0.05, 0.1) is 0 Å². The molecule has 0 saturated carbocycles. The lowest BCUT2D eigenvalue weighted by Gasteiger charge is -2.18. The van der Waals surface area contributed by atoms with Crippen LogP contribution in [-0.4, -0.2) is 19.1 Å². The Morgan fingerprint density at radius 2 is 1.95 bits per heavy atom. The van der Waals surface area contributed by atoms with Crippen molar-refractivity contribution in [1.29, 1.82) is 0 Å². The van der Waals surface area contributed by atoms with Crippen molar-refractivity contribution in [2.24, 2.45) is 17.6 Å². The van der Waals surface area contributed by atoms with Gasteiger partial charge in [0.15, 0.2) is 0 Å². The van der Waals surface area contributed by atoms with Crippen LogP contribution in [0.2, 0.25) is 0 Å². The van der Waals surface area contributed by atoms with Crippen molar-refractivity contribution >= 4 is 11.6 Å². The van der Waals surface area contributed by atoms with Crippen LogP contribution in [0.15, 0.2) is 24.3 Å². The van der Waals surface area contributed by atoms with Gasteiger partial charge in [-0.2, -0.15) is 0 Å². The predicted molar refractivity (Wildman–Crippen MR) is 82.9 cm³/mol. The molecule has 0 heterocycles. The fourth-order valence-electron chi connectivity index (χ4n) is 2.11. The molecule has 1 amide bonds. The third-order valence-electron chi connectivity index (χ3n) is 3.44. The molecule has 4 heteroatoms. The second-order valence-corrected chi connectivity index (χ2v) is 5.33. The highest BCUT2D eigenvalue weighted by Crippen LogP contribution is 2.20. The minimum absolute atomic E-state index is 0.0705. The molecule has 0 aromatic heterocycles. The van der Waals surface area contributed by atoms with E-state index < -0.39 is 0 Å². The third kappa shape index (κ3) is 5.61. The number of benzene rings is 1. The van der Waals surface area contributed by atoms with E-state index >= 15 is 0 Å². The summed E-state index contributed by atoms with van der Waals surface area (Å²) < 4.78 is 5.39. The van der Waals surface area contributed by atoms with Crippen molar-refractivity contribution in [3.63, 3.8) is 0 Å². The molecule has 0 bridgehead atoms. The Balaban J connectivity index is 2.49. The zero-order chi connectivity index (χ0) is 15.0. The molecule has 1 rings (SSSR count). The summed E-state index contributed by atoms with van der Waals surface area (Å²) in [5.41, 5.74) is 6.17. The summed E-state index contributed by atoms with van der Waals surface area (Å²) in [5.74, 6) is 1.79. The van der Waals surface area contributed by atoms with Gasteiger partial charge in [-0.25, -0.2) is 0 Å².